The normalized spacial score (nSPS) is 12.0. The van der Waals surface area contributed by atoms with Gasteiger partial charge in [-0.2, -0.15) is 18.3 Å². The van der Waals surface area contributed by atoms with Crippen molar-refractivity contribution in [2.24, 2.45) is 4.99 Å². The number of rotatable bonds is 8. The molecule has 0 bridgehead atoms. The van der Waals surface area contributed by atoms with E-state index in [1.807, 2.05) is 43.5 Å². The Balaban J connectivity index is 1.83. The molecule has 2 rings (SSSR count). The molecule has 2 aromatic rings. The summed E-state index contributed by atoms with van der Waals surface area (Å²) >= 11 is 0. The van der Waals surface area contributed by atoms with Crippen molar-refractivity contribution in [2.75, 3.05) is 33.2 Å². The van der Waals surface area contributed by atoms with Crippen LogP contribution in [0.15, 0.2) is 47.7 Å². The zero-order valence-electron chi connectivity index (χ0n) is 16.4. The van der Waals surface area contributed by atoms with Crippen molar-refractivity contribution in [2.45, 2.75) is 19.5 Å². The van der Waals surface area contributed by atoms with E-state index in [9.17, 15) is 18.0 Å². The van der Waals surface area contributed by atoms with Gasteiger partial charge in [-0.1, -0.05) is 12.1 Å². The zero-order valence-corrected chi connectivity index (χ0v) is 16.4. The van der Waals surface area contributed by atoms with Gasteiger partial charge in [0, 0.05) is 32.5 Å². The summed E-state index contributed by atoms with van der Waals surface area (Å²) in [6, 6.07) is 9.79. The van der Waals surface area contributed by atoms with Crippen LogP contribution in [-0.2, 0) is 11.2 Å². The van der Waals surface area contributed by atoms with Crippen LogP contribution in [0.25, 0.3) is 5.69 Å². The van der Waals surface area contributed by atoms with Crippen molar-refractivity contribution in [1.29, 1.82) is 0 Å². The Morgan fingerprint density at radius 3 is 2.55 bits per heavy atom. The van der Waals surface area contributed by atoms with Crippen LogP contribution in [0, 0.1) is 0 Å². The summed E-state index contributed by atoms with van der Waals surface area (Å²) in [7, 11) is 1.11. The summed E-state index contributed by atoms with van der Waals surface area (Å²) in [5.74, 6) is -0.317. The molecule has 0 saturated carbocycles. The van der Waals surface area contributed by atoms with Crippen LogP contribution in [0.5, 0.6) is 0 Å². The second-order valence-electron chi connectivity index (χ2n) is 6.35. The number of carbonyl (C=O) groups is 1. The molecule has 10 heteroatoms. The summed E-state index contributed by atoms with van der Waals surface area (Å²) in [4.78, 5) is 16.5. The molecular formula is C19H25F3N6O. The Kier molecular flexibility index (Phi) is 8.05. The first-order chi connectivity index (χ1) is 13.8. The third kappa shape index (κ3) is 7.84. The van der Waals surface area contributed by atoms with Crippen molar-refractivity contribution in [1.82, 2.24) is 25.3 Å². The maximum absolute atomic E-state index is 12.4. The Morgan fingerprint density at radius 1 is 1.24 bits per heavy atom. The molecule has 0 aliphatic heterocycles. The third-order valence-electron chi connectivity index (χ3n) is 3.97. The quantitative estimate of drug-likeness (QED) is 0.516. The number of aromatic nitrogens is 2. The van der Waals surface area contributed by atoms with Gasteiger partial charge in [-0.3, -0.25) is 4.79 Å². The second kappa shape index (κ2) is 10.5. The maximum atomic E-state index is 12.4. The van der Waals surface area contributed by atoms with Gasteiger partial charge < -0.3 is 15.5 Å². The molecule has 0 radical (unpaired) electrons. The summed E-state index contributed by atoms with van der Waals surface area (Å²) in [6.07, 6.45) is -0.135. The van der Waals surface area contributed by atoms with E-state index < -0.39 is 18.6 Å². The van der Waals surface area contributed by atoms with Gasteiger partial charge in [-0.15, -0.1) is 0 Å². The summed E-state index contributed by atoms with van der Waals surface area (Å²) in [5, 5.41) is 10.2. The number of likely N-dealkylation sites (N-methyl/N-ethyl adjacent to an activating group) is 1. The number of aliphatic imine (C=N–C) groups is 1. The Morgan fingerprint density at radius 2 is 1.97 bits per heavy atom. The maximum Gasteiger partial charge on any atom is 0.406 e. The fraction of sp³-hybridized carbons (Fsp3) is 0.421. The number of carbonyl (C=O) groups excluding carboxylic acids is 1. The molecule has 0 aliphatic rings. The van der Waals surface area contributed by atoms with Crippen molar-refractivity contribution in [3.63, 3.8) is 0 Å². The van der Waals surface area contributed by atoms with Crippen LogP contribution in [0.2, 0.25) is 0 Å². The molecule has 1 heterocycles. The molecule has 158 valence electrons. The lowest BCUT2D eigenvalue weighted by Gasteiger charge is -2.18. The van der Waals surface area contributed by atoms with Crippen LogP contribution in [-0.4, -0.2) is 66.0 Å². The summed E-state index contributed by atoms with van der Waals surface area (Å²) in [6.45, 7) is 1.33. The van der Waals surface area contributed by atoms with E-state index in [0.29, 0.717) is 30.4 Å². The number of amides is 1. The number of benzene rings is 1. The van der Waals surface area contributed by atoms with Gasteiger partial charge in [0.05, 0.1) is 5.69 Å². The van der Waals surface area contributed by atoms with Gasteiger partial charge >= 0.3 is 6.18 Å². The lowest BCUT2D eigenvalue weighted by Crippen LogP contribution is -2.40. The van der Waals surface area contributed by atoms with Crippen molar-refractivity contribution < 1.29 is 18.0 Å². The van der Waals surface area contributed by atoms with Gasteiger partial charge in [0.25, 0.3) is 0 Å². The predicted octanol–water partition coefficient (Wildman–Crippen LogP) is 1.99. The first-order valence-electron chi connectivity index (χ1n) is 9.20. The lowest BCUT2D eigenvalue weighted by molar-refractivity contribution is -0.157. The van der Waals surface area contributed by atoms with E-state index in [0.717, 1.165) is 18.3 Å². The lowest BCUT2D eigenvalue weighted by atomic mass is 10.1. The van der Waals surface area contributed by atoms with E-state index in [1.54, 1.807) is 10.9 Å². The van der Waals surface area contributed by atoms with Crippen LogP contribution < -0.4 is 10.6 Å². The highest BCUT2D eigenvalue weighted by atomic mass is 19.4. The second-order valence-corrected chi connectivity index (χ2v) is 6.35. The van der Waals surface area contributed by atoms with Crippen molar-refractivity contribution >= 4 is 11.9 Å². The number of nitrogens with one attached hydrogen (secondary N) is 2. The number of halogens is 3. The third-order valence-corrected chi connectivity index (χ3v) is 3.97. The largest absolute Gasteiger partial charge is 0.406 e. The number of guanidine groups is 1. The smallest absolute Gasteiger partial charge is 0.357 e. The molecular weight excluding hydrogens is 385 g/mol. The van der Waals surface area contributed by atoms with E-state index in [4.69, 9.17) is 0 Å². The number of nitrogens with zero attached hydrogens (tertiary/aromatic N) is 4. The number of hydrogen-bond acceptors (Lipinski definition) is 3. The Hall–Kier alpha value is -3.04. The SMILES string of the molecule is CCNC(=NCC(=O)N(C)CC(F)(F)F)NCCc1ccc(-n2cccn2)cc1. The minimum Gasteiger partial charge on any atom is -0.357 e. The van der Waals surface area contributed by atoms with Gasteiger partial charge in [-0.25, -0.2) is 9.67 Å². The van der Waals surface area contributed by atoms with Crippen LogP contribution in [0.1, 0.15) is 12.5 Å². The first kappa shape index (κ1) is 22.3. The molecule has 1 aromatic heterocycles. The topological polar surface area (TPSA) is 74.6 Å². The van der Waals surface area contributed by atoms with Crippen LogP contribution in [0.3, 0.4) is 0 Å². The molecule has 0 spiro atoms. The standard InChI is InChI=1S/C19H25F3N6O/c1-3-23-18(25-13-17(29)27(2)14-19(20,21)22)24-11-9-15-5-7-16(8-6-15)28-12-4-10-26-28/h4-8,10,12H,3,9,11,13-14H2,1-2H3,(H2,23,24,25). The summed E-state index contributed by atoms with van der Waals surface area (Å²) < 4.78 is 38.8. The molecule has 0 unspecified atom stereocenters. The highest BCUT2D eigenvalue weighted by Crippen LogP contribution is 2.15. The fourth-order valence-corrected chi connectivity index (χ4v) is 2.53. The Bertz CT molecular complexity index is 787. The zero-order chi connectivity index (χ0) is 21.3. The van der Waals surface area contributed by atoms with Gasteiger partial charge in [0.2, 0.25) is 5.91 Å². The van der Waals surface area contributed by atoms with Crippen molar-refractivity contribution in [3.05, 3.63) is 48.3 Å². The van der Waals surface area contributed by atoms with E-state index in [-0.39, 0.29) is 6.54 Å². The molecule has 0 atom stereocenters. The van der Waals surface area contributed by atoms with E-state index in [2.05, 4.69) is 20.7 Å². The molecule has 29 heavy (non-hydrogen) atoms. The molecule has 1 amide bonds. The molecule has 2 N–H and O–H groups in total. The molecule has 0 saturated heterocycles. The first-order valence-corrected chi connectivity index (χ1v) is 9.20. The molecule has 0 aliphatic carbocycles. The monoisotopic (exact) mass is 410 g/mol. The van der Waals surface area contributed by atoms with Gasteiger partial charge in [0.15, 0.2) is 5.96 Å². The van der Waals surface area contributed by atoms with Crippen LogP contribution >= 0.6 is 0 Å². The van der Waals surface area contributed by atoms with Crippen molar-refractivity contribution in [3.8, 4) is 5.69 Å². The number of hydrogen-bond donors (Lipinski definition) is 2. The van der Waals surface area contributed by atoms with E-state index in [1.165, 1.54) is 0 Å². The fourth-order valence-electron chi connectivity index (χ4n) is 2.53. The minimum atomic E-state index is -4.43. The number of alkyl halides is 3. The predicted molar refractivity (Wildman–Crippen MR) is 105 cm³/mol. The average Bonchev–Trinajstić information content (AvgIpc) is 3.19. The van der Waals surface area contributed by atoms with E-state index >= 15 is 0 Å². The Labute approximate surface area is 167 Å². The average molecular weight is 410 g/mol. The summed E-state index contributed by atoms with van der Waals surface area (Å²) in [5.41, 5.74) is 2.06. The molecule has 1 aromatic carbocycles. The highest BCUT2D eigenvalue weighted by Gasteiger charge is 2.31. The van der Waals surface area contributed by atoms with Gasteiger partial charge in [-0.05, 0) is 37.1 Å². The molecule has 0 fully saturated rings. The highest BCUT2D eigenvalue weighted by molar-refractivity contribution is 5.84. The minimum absolute atomic E-state index is 0.361. The van der Waals surface area contributed by atoms with Gasteiger partial charge in [0.1, 0.15) is 13.1 Å². The molecule has 7 nitrogen and oxygen atoms in total. The van der Waals surface area contributed by atoms with Crippen LogP contribution in [0.4, 0.5) is 13.2 Å².